The lowest BCUT2D eigenvalue weighted by Crippen LogP contribution is -2.08. The molecular weight excluding hydrogens is 419 g/mol. The highest BCUT2D eigenvalue weighted by Crippen LogP contribution is 2.22. The van der Waals surface area contributed by atoms with Crippen LogP contribution in [-0.2, 0) is 0 Å². The Kier molecular flexibility index (Phi) is 12.5. The molecule has 14 heavy (non-hydrogen) atoms. The number of hydrogen-bond donors (Lipinski definition) is 0. The molecule has 0 aliphatic carbocycles. The van der Waals surface area contributed by atoms with Gasteiger partial charge in [-0.05, 0) is 19.3 Å². The molecule has 0 nitrogen and oxygen atoms in total. The maximum atomic E-state index is 3.73. The van der Waals surface area contributed by atoms with Gasteiger partial charge in [0.1, 0.15) is 0 Å². The molecule has 0 radical (unpaired) electrons. The monoisotopic (exact) mass is 438 g/mol. The van der Waals surface area contributed by atoms with Crippen LogP contribution in [-0.4, -0.2) is 14.1 Å². The summed E-state index contributed by atoms with van der Waals surface area (Å²) in [6.45, 7) is 2.27. The van der Waals surface area contributed by atoms with Crippen LogP contribution in [0.1, 0.15) is 51.9 Å². The van der Waals surface area contributed by atoms with Crippen LogP contribution in [0.3, 0.4) is 0 Å². The van der Waals surface area contributed by atoms with E-state index >= 15 is 0 Å². The highest BCUT2D eigenvalue weighted by molar-refractivity contribution is 14.1. The summed E-state index contributed by atoms with van der Waals surface area (Å²) in [6.07, 6.45) is 9.54. The molecule has 0 spiro atoms. The van der Waals surface area contributed by atoms with Gasteiger partial charge in [-0.2, -0.15) is 0 Å². The van der Waals surface area contributed by atoms with Crippen LogP contribution < -0.4 is 0 Å². The molecule has 86 valence electrons. The van der Waals surface area contributed by atoms with Gasteiger partial charge in [0.05, 0.1) is 0 Å². The Morgan fingerprint density at radius 3 is 2.43 bits per heavy atom. The fourth-order valence-corrected chi connectivity index (χ4v) is 5.02. The van der Waals surface area contributed by atoms with Crippen molar-refractivity contribution < 1.29 is 0 Å². The van der Waals surface area contributed by atoms with Gasteiger partial charge in [-0.1, -0.05) is 87.1 Å². The molecule has 0 fully saturated rings. The summed E-state index contributed by atoms with van der Waals surface area (Å²) in [7, 11) is 0. The SMILES string of the molecule is CCCCCCC(I)CC(Br)CCBr. The highest BCUT2D eigenvalue weighted by atomic mass is 127. The average molecular weight is 440 g/mol. The van der Waals surface area contributed by atoms with Crippen LogP contribution in [0.5, 0.6) is 0 Å². The minimum absolute atomic E-state index is 0.704. The van der Waals surface area contributed by atoms with E-state index in [9.17, 15) is 0 Å². The summed E-state index contributed by atoms with van der Waals surface area (Å²) in [4.78, 5) is 0.704. The second-order valence-corrected chi connectivity index (χ2v) is 7.61. The lowest BCUT2D eigenvalue weighted by molar-refractivity contribution is 0.602. The lowest BCUT2D eigenvalue weighted by atomic mass is 10.1. The van der Waals surface area contributed by atoms with E-state index in [2.05, 4.69) is 61.4 Å². The molecule has 0 aliphatic rings. The van der Waals surface area contributed by atoms with Crippen LogP contribution in [0.25, 0.3) is 0 Å². The summed E-state index contributed by atoms with van der Waals surface area (Å²) >= 11 is 9.81. The smallest absolute Gasteiger partial charge is 0.0163 e. The molecule has 3 heteroatoms. The predicted molar refractivity (Wildman–Crippen MR) is 82.3 cm³/mol. The first-order valence-corrected chi connectivity index (χ1v) is 8.83. The van der Waals surface area contributed by atoms with Gasteiger partial charge in [0, 0.05) is 14.1 Å². The minimum Gasteiger partial charge on any atom is -0.0928 e. The Morgan fingerprint density at radius 1 is 1.14 bits per heavy atom. The first-order valence-electron chi connectivity index (χ1n) is 5.54. The van der Waals surface area contributed by atoms with Gasteiger partial charge in [-0.3, -0.25) is 0 Å². The number of hydrogen-bond acceptors (Lipinski definition) is 0. The van der Waals surface area contributed by atoms with Gasteiger partial charge in [-0.15, -0.1) is 0 Å². The molecule has 2 atom stereocenters. The zero-order valence-corrected chi connectivity index (χ0v) is 14.3. The van der Waals surface area contributed by atoms with Gasteiger partial charge in [-0.25, -0.2) is 0 Å². The number of halogens is 3. The fourth-order valence-electron chi connectivity index (χ4n) is 1.42. The van der Waals surface area contributed by atoms with Crippen molar-refractivity contribution in [1.29, 1.82) is 0 Å². The van der Waals surface area contributed by atoms with Gasteiger partial charge in [0.2, 0.25) is 0 Å². The molecule has 0 aliphatic heterocycles. The number of unbranched alkanes of at least 4 members (excludes halogenated alkanes) is 3. The van der Waals surface area contributed by atoms with Crippen molar-refractivity contribution in [2.75, 3.05) is 5.33 Å². The maximum absolute atomic E-state index is 3.73. The van der Waals surface area contributed by atoms with Gasteiger partial charge in [0.15, 0.2) is 0 Å². The number of alkyl halides is 3. The molecule has 0 saturated heterocycles. The molecule has 0 aromatic rings. The lowest BCUT2D eigenvalue weighted by Gasteiger charge is -2.13. The van der Waals surface area contributed by atoms with Crippen molar-refractivity contribution in [3.63, 3.8) is 0 Å². The minimum atomic E-state index is 0.704. The first-order chi connectivity index (χ1) is 6.70. The Bertz CT molecular complexity index is 120. The maximum Gasteiger partial charge on any atom is 0.0163 e. The molecule has 2 unspecified atom stereocenters. The van der Waals surface area contributed by atoms with E-state index in [0.29, 0.717) is 4.83 Å². The molecule has 0 amide bonds. The molecule has 0 saturated carbocycles. The van der Waals surface area contributed by atoms with Crippen molar-refractivity contribution >= 4 is 54.5 Å². The Morgan fingerprint density at radius 2 is 1.86 bits per heavy atom. The second-order valence-electron chi connectivity index (χ2n) is 3.76. The highest BCUT2D eigenvalue weighted by Gasteiger charge is 2.10. The molecule has 0 bridgehead atoms. The van der Waals surface area contributed by atoms with E-state index in [-0.39, 0.29) is 0 Å². The zero-order chi connectivity index (χ0) is 10.8. The van der Waals surface area contributed by atoms with Crippen LogP contribution >= 0.6 is 54.5 Å². The zero-order valence-electron chi connectivity index (χ0n) is 8.95. The Hall–Kier alpha value is 1.69. The van der Waals surface area contributed by atoms with Crippen molar-refractivity contribution in [2.24, 2.45) is 0 Å². The molecule has 0 aromatic carbocycles. The van der Waals surface area contributed by atoms with E-state index in [1.54, 1.807) is 0 Å². The predicted octanol–water partition coefficient (Wildman–Crippen LogP) is 5.70. The third-order valence-electron chi connectivity index (χ3n) is 2.30. The largest absolute Gasteiger partial charge is 0.0928 e. The van der Waals surface area contributed by atoms with Crippen LogP contribution in [0.2, 0.25) is 0 Å². The normalized spacial score (nSPS) is 15.4. The van der Waals surface area contributed by atoms with E-state index in [4.69, 9.17) is 0 Å². The molecule has 0 aromatic heterocycles. The quantitative estimate of drug-likeness (QED) is 0.245. The van der Waals surface area contributed by atoms with Crippen molar-refractivity contribution in [3.05, 3.63) is 0 Å². The second kappa shape index (κ2) is 11.2. The first kappa shape index (κ1) is 15.7. The fraction of sp³-hybridized carbons (Fsp3) is 1.00. The summed E-state index contributed by atoms with van der Waals surface area (Å²) < 4.78 is 0.855. The van der Waals surface area contributed by atoms with Gasteiger partial charge >= 0.3 is 0 Å². The van der Waals surface area contributed by atoms with Crippen LogP contribution in [0.15, 0.2) is 0 Å². The van der Waals surface area contributed by atoms with Gasteiger partial charge in [0.25, 0.3) is 0 Å². The van der Waals surface area contributed by atoms with Crippen molar-refractivity contribution in [3.8, 4) is 0 Å². The van der Waals surface area contributed by atoms with Crippen molar-refractivity contribution in [2.45, 2.75) is 60.6 Å². The summed E-state index contributed by atoms with van der Waals surface area (Å²) in [6, 6.07) is 0. The van der Waals surface area contributed by atoms with E-state index in [1.807, 2.05) is 0 Å². The van der Waals surface area contributed by atoms with Crippen LogP contribution in [0, 0.1) is 0 Å². The summed E-state index contributed by atoms with van der Waals surface area (Å²) in [5.41, 5.74) is 0. The summed E-state index contributed by atoms with van der Waals surface area (Å²) in [5.74, 6) is 0. The number of rotatable bonds is 9. The topological polar surface area (TPSA) is 0 Å². The Balaban J connectivity index is 3.30. The molecule has 0 N–H and O–H groups in total. The van der Waals surface area contributed by atoms with Crippen LogP contribution in [0.4, 0.5) is 0 Å². The van der Waals surface area contributed by atoms with Crippen molar-refractivity contribution in [1.82, 2.24) is 0 Å². The third-order valence-corrected chi connectivity index (χ3v) is 4.73. The average Bonchev–Trinajstić information content (AvgIpc) is 2.13. The van der Waals surface area contributed by atoms with E-state index in [0.717, 1.165) is 9.25 Å². The standard InChI is InChI=1S/C11H21Br2I/c1-2-3-4-5-6-11(14)9-10(13)7-8-12/h10-11H,2-9H2,1H3. The molecular formula is C11H21Br2I. The molecule has 0 heterocycles. The summed E-state index contributed by atoms with van der Waals surface area (Å²) in [5, 5.41) is 1.11. The third kappa shape index (κ3) is 10.2. The molecule has 0 rings (SSSR count). The van der Waals surface area contributed by atoms with E-state index < -0.39 is 0 Å². The van der Waals surface area contributed by atoms with Gasteiger partial charge < -0.3 is 0 Å². The van der Waals surface area contributed by atoms with E-state index in [1.165, 1.54) is 44.9 Å². The Labute approximate surface area is 119 Å².